The molecule has 0 aromatic heterocycles. The van der Waals surface area contributed by atoms with Crippen LogP contribution in [0.4, 0.5) is 4.79 Å². The average Bonchev–Trinajstić information content (AvgIpc) is 2.87. The van der Waals surface area contributed by atoms with Crippen molar-refractivity contribution in [1.29, 1.82) is 0 Å². The van der Waals surface area contributed by atoms with E-state index in [1.54, 1.807) is 12.1 Å². The largest absolute Gasteiger partial charge is 0.490 e. The quantitative estimate of drug-likeness (QED) is 0.921. The number of rotatable bonds is 4. The molecule has 1 N–H and O–H groups in total. The Balaban J connectivity index is 2.04. The fourth-order valence-corrected chi connectivity index (χ4v) is 2.80. The minimum absolute atomic E-state index is 0.0144. The van der Waals surface area contributed by atoms with Crippen molar-refractivity contribution >= 4 is 17.7 Å². The van der Waals surface area contributed by atoms with Crippen LogP contribution in [0.1, 0.15) is 20.3 Å². The molecule has 0 aliphatic carbocycles. The van der Waals surface area contributed by atoms with Crippen molar-refractivity contribution < 1.29 is 14.6 Å². The molecule has 0 radical (unpaired) electrons. The highest BCUT2D eigenvalue weighted by Crippen LogP contribution is 2.28. The van der Waals surface area contributed by atoms with E-state index >= 15 is 0 Å². The second-order valence-corrected chi connectivity index (χ2v) is 5.99. The second-order valence-electron chi connectivity index (χ2n) is 5.56. The van der Waals surface area contributed by atoms with Crippen LogP contribution in [0.2, 0.25) is 5.02 Å². The molecule has 20 heavy (non-hydrogen) atoms. The highest BCUT2D eigenvalue weighted by molar-refractivity contribution is 6.30. The number of carbonyl (C=O) groups is 1. The molecular weight excluding hydrogens is 278 g/mol. The van der Waals surface area contributed by atoms with Gasteiger partial charge in [0.1, 0.15) is 11.9 Å². The first-order chi connectivity index (χ1) is 9.47. The van der Waals surface area contributed by atoms with E-state index in [0.29, 0.717) is 24.0 Å². The molecule has 110 valence electrons. The van der Waals surface area contributed by atoms with Crippen LogP contribution in [-0.2, 0) is 0 Å². The Kier molecular flexibility index (Phi) is 4.76. The van der Waals surface area contributed by atoms with Gasteiger partial charge in [-0.15, -0.1) is 0 Å². The SMILES string of the molecule is CC(C)[C@H](Oc1ccc(Cl)cc1)[C@H]1CCN(C(=O)O)C1. The van der Waals surface area contributed by atoms with E-state index in [-0.39, 0.29) is 12.0 Å². The van der Waals surface area contributed by atoms with Crippen molar-refractivity contribution in [3.05, 3.63) is 29.3 Å². The van der Waals surface area contributed by atoms with Gasteiger partial charge in [0.15, 0.2) is 0 Å². The smallest absolute Gasteiger partial charge is 0.407 e. The maximum Gasteiger partial charge on any atom is 0.407 e. The van der Waals surface area contributed by atoms with Crippen LogP contribution in [0.3, 0.4) is 0 Å². The summed E-state index contributed by atoms with van der Waals surface area (Å²) < 4.78 is 6.06. The highest BCUT2D eigenvalue weighted by atomic mass is 35.5. The molecule has 1 saturated heterocycles. The third-order valence-electron chi connectivity index (χ3n) is 3.70. The van der Waals surface area contributed by atoms with Gasteiger partial charge >= 0.3 is 6.09 Å². The number of hydrogen-bond acceptors (Lipinski definition) is 2. The number of ether oxygens (including phenoxy) is 1. The summed E-state index contributed by atoms with van der Waals surface area (Å²) in [6, 6.07) is 7.29. The highest BCUT2D eigenvalue weighted by Gasteiger charge is 2.34. The fraction of sp³-hybridized carbons (Fsp3) is 0.533. The first-order valence-electron chi connectivity index (χ1n) is 6.87. The van der Waals surface area contributed by atoms with Gasteiger partial charge in [0.2, 0.25) is 0 Å². The van der Waals surface area contributed by atoms with Crippen LogP contribution in [-0.4, -0.2) is 35.3 Å². The second kappa shape index (κ2) is 6.35. The summed E-state index contributed by atoms with van der Waals surface area (Å²) in [5.74, 6) is 1.34. The Morgan fingerprint density at radius 2 is 2.05 bits per heavy atom. The number of hydrogen-bond donors (Lipinski definition) is 1. The predicted molar refractivity (Wildman–Crippen MR) is 78.4 cm³/mol. The predicted octanol–water partition coefficient (Wildman–Crippen LogP) is 3.74. The van der Waals surface area contributed by atoms with E-state index in [4.69, 9.17) is 21.4 Å². The van der Waals surface area contributed by atoms with Crippen LogP contribution in [0.15, 0.2) is 24.3 Å². The standard InChI is InChI=1S/C15H20ClNO3/c1-10(2)14(11-7-8-17(9-11)15(18)19)20-13-5-3-12(16)4-6-13/h3-6,10-11,14H,7-9H2,1-2H3,(H,18,19)/t11-,14-/m0/s1. The Labute approximate surface area is 124 Å². The van der Waals surface area contributed by atoms with Crippen LogP contribution < -0.4 is 4.74 Å². The molecule has 1 aliphatic heterocycles. The summed E-state index contributed by atoms with van der Waals surface area (Å²) in [6.07, 6.45) is 0.0185. The Morgan fingerprint density at radius 3 is 2.55 bits per heavy atom. The average molecular weight is 298 g/mol. The maximum atomic E-state index is 11.0. The zero-order valence-electron chi connectivity index (χ0n) is 11.8. The summed E-state index contributed by atoms with van der Waals surface area (Å²) in [5.41, 5.74) is 0. The third kappa shape index (κ3) is 3.57. The summed E-state index contributed by atoms with van der Waals surface area (Å²) in [5, 5.41) is 9.72. The summed E-state index contributed by atoms with van der Waals surface area (Å²) >= 11 is 5.86. The van der Waals surface area contributed by atoms with E-state index < -0.39 is 6.09 Å². The van der Waals surface area contributed by atoms with Crippen molar-refractivity contribution in [1.82, 2.24) is 4.90 Å². The molecular formula is C15H20ClNO3. The normalized spacial score (nSPS) is 20.2. The first kappa shape index (κ1) is 15.0. The maximum absolute atomic E-state index is 11.0. The number of nitrogens with zero attached hydrogens (tertiary/aromatic N) is 1. The molecule has 1 amide bonds. The fourth-order valence-electron chi connectivity index (χ4n) is 2.68. The van der Waals surface area contributed by atoms with Gasteiger partial charge in [-0.2, -0.15) is 0 Å². The molecule has 0 saturated carbocycles. The lowest BCUT2D eigenvalue weighted by Gasteiger charge is -2.28. The van der Waals surface area contributed by atoms with Gasteiger partial charge in [-0.25, -0.2) is 4.79 Å². The Bertz CT molecular complexity index is 461. The molecule has 1 aromatic rings. The number of benzene rings is 1. The third-order valence-corrected chi connectivity index (χ3v) is 3.95. The number of carboxylic acid groups (broad SMARTS) is 1. The Morgan fingerprint density at radius 1 is 1.40 bits per heavy atom. The minimum atomic E-state index is -0.846. The van der Waals surface area contributed by atoms with Crippen molar-refractivity contribution in [3.8, 4) is 5.75 Å². The molecule has 0 spiro atoms. The van der Waals surface area contributed by atoms with E-state index in [0.717, 1.165) is 12.2 Å². The number of likely N-dealkylation sites (tertiary alicyclic amines) is 1. The van der Waals surface area contributed by atoms with Crippen LogP contribution in [0, 0.1) is 11.8 Å². The van der Waals surface area contributed by atoms with Gasteiger partial charge in [-0.05, 0) is 36.6 Å². The van der Waals surface area contributed by atoms with Gasteiger partial charge in [0, 0.05) is 24.0 Å². The summed E-state index contributed by atoms with van der Waals surface area (Å²) in [7, 11) is 0. The van der Waals surface area contributed by atoms with Crippen LogP contribution >= 0.6 is 11.6 Å². The van der Waals surface area contributed by atoms with Gasteiger partial charge in [0.05, 0.1) is 0 Å². The monoisotopic (exact) mass is 297 g/mol. The molecule has 2 rings (SSSR count). The summed E-state index contributed by atoms with van der Waals surface area (Å²) in [4.78, 5) is 12.5. The van der Waals surface area contributed by atoms with E-state index in [2.05, 4.69) is 13.8 Å². The lowest BCUT2D eigenvalue weighted by Crippen LogP contribution is -2.35. The van der Waals surface area contributed by atoms with Gasteiger partial charge in [-0.1, -0.05) is 25.4 Å². The lowest BCUT2D eigenvalue weighted by molar-refractivity contribution is 0.0899. The van der Waals surface area contributed by atoms with Crippen LogP contribution in [0.25, 0.3) is 0 Å². The van der Waals surface area contributed by atoms with Crippen molar-refractivity contribution in [3.63, 3.8) is 0 Å². The molecule has 2 atom stereocenters. The van der Waals surface area contributed by atoms with Gasteiger partial charge < -0.3 is 14.7 Å². The first-order valence-corrected chi connectivity index (χ1v) is 7.25. The lowest BCUT2D eigenvalue weighted by atomic mass is 9.92. The van der Waals surface area contributed by atoms with E-state index in [9.17, 15) is 4.79 Å². The van der Waals surface area contributed by atoms with Gasteiger partial charge in [0.25, 0.3) is 0 Å². The molecule has 1 heterocycles. The molecule has 4 nitrogen and oxygen atoms in total. The van der Waals surface area contributed by atoms with Crippen molar-refractivity contribution in [2.45, 2.75) is 26.4 Å². The topological polar surface area (TPSA) is 49.8 Å². The molecule has 1 aliphatic rings. The van der Waals surface area contributed by atoms with Crippen molar-refractivity contribution in [2.24, 2.45) is 11.8 Å². The molecule has 1 aromatic carbocycles. The van der Waals surface area contributed by atoms with E-state index in [1.807, 2.05) is 12.1 Å². The minimum Gasteiger partial charge on any atom is -0.490 e. The zero-order chi connectivity index (χ0) is 14.7. The molecule has 0 unspecified atom stereocenters. The molecule has 0 bridgehead atoms. The summed E-state index contributed by atoms with van der Waals surface area (Å²) in [6.45, 7) is 5.34. The molecule has 1 fully saturated rings. The molecule has 5 heteroatoms. The number of amides is 1. The Hall–Kier alpha value is -1.42. The van der Waals surface area contributed by atoms with E-state index in [1.165, 1.54) is 4.90 Å². The zero-order valence-corrected chi connectivity index (χ0v) is 12.5. The number of halogens is 1. The van der Waals surface area contributed by atoms with Gasteiger partial charge in [-0.3, -0.25) is 0 Å². The van der Waals surface area contributed by atoms with Crippen molar-refractivity contribution in [2.75, 3.05) is 13.1 Å². The van der Waals surface area contributed by atoms with Crippen LogP contribution in [0.5, 0.6) is 5.75 Å².